The average Bonchev–Trinajstić information content (AvgIpc) is 2.57. The number of rotatable bonds is 3. The van der Waals surface area contributed by atoms with E-state index in [1.54, 1.807) is 48.8 Å². The third-order valence-electron chi connectivity index (χ3n) is 2.95. The van der Waals surface area contributed by atoms with Gasteiger partial charge in [0.1, 0.15) is 5.75 Å². The standard InChI is InChI=1S/C17H11BrN2O2/c18-14-10-19-16(20-11-14)12-6-8-15(9-7-12)22-17(21)13-4-2-1-3-5-13/h1-11H. The maximum atomic E-state index is 12.0. The summed E-state index contributed by atoms with van der Waals surface area (Å²) in [4.78, 5) is 20.4. The van der Waals surface area contributed by atoms with E-state index in [4.69, 9.17) is 4.74 Å². The number of ether oxygens (including phenoxy) is 1. The molecule has 0 saturated heterocycles. The lowest BCUT2D eigenvalue weighted by Crippen LogP contribution is -2.07. The molecule has 1 heterocycles. The van der Waals surface area contributed by atoms with Crippen molar-refractivity contribution in [2.45, 2.75) is 0 Å². The van der Waals surface area contributed by atoms with Crippen LogP contribution in [-0.4, -0.2) is 15.9 Å². The summed E-state index contributed by atoms with van der Waals surface area (Å²) in [5.74, 6) is 0.715. The highest BCUT2D eigenvalue weighted by molar-refractivity contribution is 9.10. The van der Waals surface area contributed by atoms with E-state index in [1.165, 1.54) is 0 Å². The van der Waals surface area contributed by atoms with Crippen molar-refractivity contribution in [1.82, 2.24) is 9.97 Å². The first kappa shape index (κ1) is 14.4. The molecule has 0 spiro atoms. The molecule has 5 heteroatoms. The molecule has 3 aromatic rings. The molecular weight excluding hydrogens is 344 g/mol. The number of esters is 1. The first-order valence-electron chi connectivity index (χ1n) is 6.57. The molecule has 0 aliphatic carbocycles. The van der Waals surface area contributed by atoms with Crippen LogP contribution in [-0.2, 0) is 0 Å². The Morgan fingerprint density at radius 3 is 2.18 bits per heavy atom. The van der Waals surface area contributed by atoms with Crippen molar-refractivity contribution >= 4 is 21.9 Å². The molecule has 2 aromatic carbocycles. The quantitative estimate of drug-likeness (QED) is 0.524. The van der Waals surface area contributed by atoms with Crippen LogP contribution in [0.4, 0.5) is 0 Å². The Kier molecular flexibility index (Phi) is 4.25. The van der Waals surface area contributed by atoms with E-state index in [0.29, 0.717) is 17.1 Å². The van der Waals surface area contributed by atoms with Crippen molar-refractivity contribution in [1.29, 1.82) is 0 Å². The van der Waals surface area contributed by atoms with Gasteiger partial charge in [0.15, 0.2) is 5.82 Å². The molecule has 0 N–H and O–H groups in total. The van der Waals surface area contributed by atoms with Gasteiger partial charge in [0.2, 0.25) is 0 Å². The molecular formula is C17H11BrN2O2. The van der Waals surface area contributed by atoms with Gasteiger partial charge in [0, 0.05) is 18.0 Å². The van der Waals surface area contributed by atoms with E-state index in [0.717, 1.165) is 10.0 Å². The van der Waals surface area contributed by atoms with Crippen LogP contribution in [0.2, 0.25) is 0 Å². The monoisotopic (exact) mass is 354 g/mol. The Balaban J connectivity index is 1.74. The topological polar surface area (TPSA) is 52.1 Å². The zero-order valence-electron chi connectivity index (χ0n) is 11.4. The normalized spacial score (nSPS) is 10.2. The second-order valence-corrected chi connectivity index (χ2v) is 5.42. The van der Waals surface area contributed by atoms with Gasteiger partial charge in [-0.05, 0) is 52.3 Å². The van der Waals surface area contributed by atoms with Gasteiger partial charge in [0.05, 0.1) is 10.0 Å². The summed E-state index contributed by atoms with van der Waals surface area (Å²) in [5.41, 5.74) is 1.37. The predicted molar refractivity (Wildman–Crippen MR) is 86.6 cm³/mol. The average molecular weight is 355 g/mol. The van der Waals surface area contributed by atoms with Crippen molar-refractivity contribution < 1.29 is 9.53 Å². The highest BCUT2D eigenvalue weighted by Gasteiger charge is 2.08. The summed E-state index contributed by atoms with van der Waals surface area (Å²) in [7, 11) is 0. The maximum absolute atomic E-state index is 12.0. The van der Waals surface area contributed by atoms with E-state index in [9.17, 15) is 4.79 Å². The van der Waals surface area contributed by atoms with Crippen LogP contribution in [0.3, 0.4) is 0 Å². The molecule has 1 aromatic heterocycles. The number of carbonyl (C=O) groups excluding carboxylic acids is 1. The van der Waals surface area contributed by atoms with Crippen molar-refractivity contribution in [2.75, 3.05) is 0 Å². The molecule has 0 unspecified atom stereocenters. The molecule has 0 atom stereocenters. The van der Waals surface area contributed by atoms with Crippen molar-refractivity contribution in [3.63, 3.8) is 0 Å². The molecule has 0 aliphatic rings. The minimum Gasteiger partial charge on any atom is -0.423 e. The molecule has 3 rings (SSSR count). The number of halogens is 1. The van der Waals surface area contributed by atoms with Gasteiger partial charge in [-0.25, -0.2) is 14.8 Å². The van der Waals surface area contributed by atoms with Gasteiger partial charge in [-0.1, -0.05) is 18.2 Å². The van der Waals surface area contributed by atoms with Crippen LogP contribution in [0.25, 0.3) is 11.4 Å². The minimum atomic E-state index is -0.381. The Morgan fingerprint density at radius 1 is 0.909 bits per heavy atom. The van der Waals surface area contributed by atoms with Crippen LogP contribution in [0.15, 0.2) is 71.5 Å². The Hall–Kier alpha value is -2.53. The van der Waals surface area contributed by atoms with E-state index >= 15 is 0 Å². The summed E-state index contributed by atoms with van der Waals surface area (Å²) in [5, 5.41) is 0. The fraction of sp³-hybridized carbons (Fsp3) is 0. The lowest BCUT2D eigenvalue weighted by atomic mass is 10.2. The fourth-order valence-corrected chi connectivity index (χ4v) is 2.08. The Morgan fingerprint density at radius 2 is 1.55 bits per heavy atom. The zero-order chi connectivity index (χ0) is 15.4. The molecule has 0 saturated carbocycles. The Bertz CT molecular complexity index is 772. The minimum absolute atomic E-state index is 0.381. The second-order valence-electron chi connectivity index (χ2n) is 4.50. The van der Waals surface area contributed by atoms with Gasteiger partial charge in [-0.3, -0.25) is 0 Å². The first-order chi connectivity index (χ1) is 10.7. The molecule has 108 valence electrons. The highest BCUT2D eigenvalue weighted by atomic mass is 79.9. The summed E-state index contributed by atoms with van der Waals surface area (Å²) >= 11 is 3.30. The maximum Gasteiger partial charge on any atom is 0.343 e. The molecule has 0 aliphatic heterocycles. The van der Waals surface area contributed by atoms with Crippen molar-refractivity contribution in [3.8, 4) is 17.1 Å². The van der Waals surface area contributed by atoms with Crippen LogP contribution in [0, 0.1) is 0 Å². The zero-order valence-corrected chi connectivity index (χ0v) is 13.0. The number of aromatic nitrogens is 2. The van der Waals surface area contributed by atoms with Crippen molar-refractivity contribution in [3.05, 3.63) is 77.0 Å². The Labute approximate surface area is 135 Å². The lowest BCUT2D eigenvalue weighted by Gasteiger charge is -2.05. The number of benzene rings is 2. The third-order valence-corrected chi connectivity index (χ3v) is 3.36. The lowest BCUT2D eigenvalue weighted by molar-refractivity contribution is 0.0735. The van der Waals surface area contributed by atoms with Crippen LogP contribution in [0.1, 0.15) is 10.4 Å². The third kappa shape index (κ3) is 3.38. The molecule has 0 amide bonds. The molecule has 0 bridgehead atoms. The highest BCUT2D eigenvalue weighted by Crippen LogP contribution is 2.20. The van der Waals surface area contributed by atoms with Crippen LogP contribution in [0.5, 0.6) is 5.75 Å². The summed E-state index contributed by atoms with van der Waals surface area (Å²) in [6, 6.07) is 16.0. The van der Waals surface area contributed by atoms with Gasteiger partial charge >= 0.3 is 5.97 Å². The largest absolute Gasteiger partial charge is 0.423 e. The fourth-order valence-electron chi connectivity index (χ4n) is 1.87. The summed E-state index contributed by atoms with van der Waals surface area (Å²) < 4.78 is 6.15. The predicted octanol–water partition coefficient (Wildman–Crippen LogP) is 4.13. The smallest absolute Gasteiger partial charge is 0.343 e. The van der Waals surface area contributed by atoms with E-state index in [1.807, 2.05) is 18.2 Å². The number of hydrogen-bond acceptors (Lipinski definition) is 4. The van der Waals surface area contributed by atoms with Gasteiger partial charge in [-0.2, -0.15) is 0 Å². The van der Waals surface area contributed by atoms with Gasteiger partial charge in [0.25, 0.3) is 0 Å². The SMILES string of the molecule is O=C(Oc1ccc(-c2ncc(Br)cn2)cc1)c1ccccc1. The number of carbonyl (C=O) groups is 1. The molecule has 0 fully saturated rings. The molecule has 22 heavy (non-hydrogen) atoms. The summed E-state index contributed by atoms with van der Waals surface area (Å²) in [6.07, 6.45) is 3.37. The number of hydrogen-bond donors (Lipinski definition) is 0. The number of nitrogens with zero attached hydrogens (tertiary/aromatic N) is 2. The van der Waals surface area contributed by atoms with Gasteiger partial charge < -0.3 is 4.74 Å². The van der Waals surface area contributed by atoms with Crippen LogP contribution < -0.4 is 4.74 Å². The molecule has 4 nitrogen and oxygen atoms in total. The second kappa shape index (κ2) is 6.49. The van der Waals surface area contributed by atoms with Crippen molar-refractivity contribution in [2.24, 2.45) is 0 Å². The van der Waals surface area contributed by atoms with E-state index in [2.05, 4.69) is 25.9 Å². The van der Waals surface area contributed by atoms with Crippen LogP contribution >= 0.6 is 15.9 Å². The van der Waals surface area contributed by atoms with E-state index < -0.39 is 0 Å². The molecule has 0 radical (unpaired) electrons. The van der Waals surface area contributed by atoms with Gasteiger partial charge in [-0.15, -0.1) is 0 Å². The van der Waals surface area contributed by atoms with E-state index in [-0.39, 0.29) is 5.97 Å². The summed E-state index contributed by atoms with van der Waals surface area (Å²) in [6.45, 7) is 0. The first-order valence-corrected chi connectivity index (χ1v) is 7.37.